The Morgan fingerprint density at radius 2 is 1.24 bits per heavy atom. The predicted octanol–water partition coefficient (Wildman–Crippen LogP) is -0.150. The van der Waals surface area contributed by atoms with Crippen LogP contribution >= 0.6 is 15.2 Å². The number of phenolic OH excluding ortho intramolecular Hbond substituents is 1. The van der Waals surface area contributed by atoms with Crippen molar-refractivity contribution in [3.05, 3.63) is 29.8 Å². The number of hydrogen-bond acceptors (Lipinski definition) is 4. The molecule has 10 heteroatoms. The average Bonchev–Trinajstić information content (AvgIpc) is 2.14. The molecule has 0 aromatic heterocycles. The molecule has 0 fully saturated rings. The summed E-state index contributed by atoms with van der Waals surface area (Å²) in [6, 6.07) is 3.50. The van der Waals surface area contributed by atoms with E-state index in [9.17, 15) is 14.2 Å². The van der Waals surface area contributed by atoms with Gasteiger partial charge in [0.1, 0.15) is 5.75 Å². The summed E-state index contributed by atoms with van der Waals surface area (Å²) in [7, 11) is -11.1. The maximum Gasteiger partial charge on any atom is 0.374 e. The number of phenols is 1. The Morgan fingerprint density at radius 3 is 1.53 bits per heavy atom. The molecule has 1 rings (SSSR count). The van der Waals surface area contributed by atoms with Gasteiger partial charge < -0.3 is 29.8 Å². The Labute approximate surface area is 95.5 Å². The fourth-order valence-electron chi connectivity index (χ4n) is 1.19. The molecule has 96 valence electrons. The molecule has 17 heavy (non-hydrogen) atoms. The van der Waals surface area contributed by atoms with Crippen molar-refractivity contribution in [2.75, 3.05) is 0 Å². The van der Waals surface area contributed by atoms with Crippen LogP contribution in [0, 0.1) is 0 Å². The molecular weight excluding hydrogens is 274 g/mol. The molecule has 0 atom stereocenters. The van der Waals surface area contributed by atoms with Crippen molar-refractivity contribution >= 4 is 15.2 Å². The lowest BCUT2D eigenvalue weighted by Gasteiger charge is -2.29. The molecule has 0 aliphatic carbocycles. The van der Waals surface area contributed by atoms with E-state index in [-0.39, 0.29) is 5.75 Å². The number of rotatable bonds is 3. The average molecular weight is 284 g/mol. The highest BCUT2D eigenvalue weighted by Gasteiger charge is 2.60. The van der Waals surface area contributed by atoms with Crippen LogP contribution in [0.5, 0.6) is 5.75 Å². The second-order valence-corrected chi connectivity index (χ2v) is 7.09. The number of hydrogen-bond donors (Lipinski definition) is 6. The van der Waals surface area contributed by atoms with E-state index in [4.69, 9.17) is 24.7 Å². The first-order valence-electron chi connectivity index (χ1n) is 4.13. The molecule has 8 nitrogen and oxygen atoms in total. The van der Waals surface area contributed by atoms with Crippen LogP contribution in [0.3, 0.4) is 0 Å². The first-order valence-corrected chi connectivity index (χ1v) is 7.36. The van der Waals surface area contributed by atoms with Gasteiger partial charge in [-0.05, 0) is 12.1 Å². The summed E-state index contributed by atoms with van der Waals surface area (Å²) < 4.78 is 22.1. The lowest BCUT2D eigenvalue weighted by Crippen LogP contribution is -2.25. The molecular formula is C7H10O8P2. The maximum atomic E-state index is 11.1. The van der Waals surface area contributed by atoms with Gasteiger partial charge in [0.05, 0.1) is 0 Å². The van der Waals surface area contributed by atoms with Crippen LogP contribution in [0.2, 0.25) is 0 Å². The van der Waals surface area contributed by atoms with E-state index in [1.54, 1.807) is 0 Å². The van der Waals surface area contributed by atoms with Gasteiger partial charge in [0.15, 0.2) is 0 Å². The Morgan fingerprint density at radius 1 is 0.882 bits per heavy atom. The number of benzene rings is 1. The van der Waals surface area contributed by atoms with Crippen LogP contribution in [0.15, 0.2) is 24.3 Å². The van der Waals surface area contributed by atoms with E-state index in [2.05, 4.69) is 0 Å². The van der Waals surface area contributed by atoms with E-state index in [1.165, 1.54) is 0 Å². The van der Waals surface area contributed by atoms with Crippen molar-refractivity contribution in [2.45, 2.75) is 5.08 Å². The van der Waals surface area contributed by atoms with Gasteiger partial charge in [-0.2, -0.15) is 0 Å². The van der Waals surface area contributed by atoms with Gasteiger partial charge in [-0.25, -0.2) is 0 Å². The van der Waals surface area contributed by atoms with Crippen LogP contribution in [0.1, 0.15) is 5.56 Å². The Kier molecular flexibility index (Phi) is 3.53. The minimum Gasteiger partial charge on any atom is -0.508 e. The summed E-state index contributed by atoms with van der Waals surface area (Å²) >= 11 is 0. The van der Waals surface area contributed by atoms with E-state index in [1.807, 2.05) is 0 Å². The molecule has 0 bridgehead atoms. The van der Waals surface area contributed by atoms with E-state index >= 15 is 0 Å². The lowest BCUT2D eigenvalue weighted by molar-refractivity contribution is 0.131. The fraction of sp³-hybridized carbons (Fsp3) is 0.143. The summed E-state index contributed by atoms with van der Waals surface area (Å²) in [6.45, 7) is 0. The van der Waals surface area contributed by atoms with Crippen molar-refractivity contribution in [1.29, 1.82) is 0 Å². The molecule has 0 saturated carbocycles. The van der Waals surface area contributed by atoms with Crippen molar-refractivity contribution in [2.24, 2.45) is 0 Å². The molecule has 0 amide bonds. The molecule has 0 unspecified atom stereocenters. The highest BCUT2D eigenvalue weighted by molar-refractivity contribution is 7.71. The van der Waals surface area contributed by atoms with Gasteiger partial charge in [-0.3, -0.25) is 9.13 Å². The highest BCUT2D eigenvalue weighted by Crippen LogP contribution is 2.72. The molecule has 6 N–H and O–H groups in total. The third-order valence-electron chi connectivity index (χ3n) is 2.07. The standard InChI is InChI=1S/C7H10O8P2/c8-6-3-1-5(2-4-6)7(9,16(10,11)12)17(13,14)15/h1-4,8-9H,(H2,10,11,12)(H2,13,14,15). The third kappa shape index (κ3) is 2.43. The van der Waals surface area contributed by atoms with E-state index < -0.39 is 25.8 Å². The molecule has 0 radical (unpaired) electrons. The van der Waals surface area contributed by atoms with Crippen LogP contribution in [0.4, 0.5) is 0 Å². The molecule has 0 spiro atoms. The normalized spacial score (nSPS) is 13.7. The lowest BCUT2D eigenvalue weighted by atomic mass is 10.2. The molecule has 0 heterocycles. The number of aromatic hydroxyl groups is 1. The van der Waals surface area contributed by atoms with Gasteiger partial charge in [0.2, 0.25) is 0 Å². The fourth-order valence-corrected chi connectivity index (χ4v) is 3.52. The van der Waals surface area contributed by atoms with Crippen LogP contribution in [0.25, 0.3) is 0 Å². The van der Waals surface area contributed by atoms with Crippen molar-refractivity contribution in [3.8, 4) is 5.75 Å². The molecule has 1 aromatic carbocycles. The maximum absolute atomic E-state index is 11.1. The van der Waals surface area contributed by atoms with Gasteiger partial charge in [0, 0.05) is 5.56 Å². The Hall–Kier alpha value is -0.720. The minimum atomic E-state index is -5.54. The van der Waals surface area contributed by atoms with Crippen molar-refractivity contribution < 1.29 is 38.9 Å². The largest absolute Gasteiger partial charge is 0.508 e. The van der Waals surface area contributed by atoms with Crippen molar-refractivity contribution in [1.82, 2.24) is 0 Å². The topological polar surface area (TPSA) is 156 Å². The molecule has 0 aliphatic rings. The Balaban J connectivity index is 3.52. The second kappa shape index (κ2) is 4.19. The third-order valence-corrected chi connectivity index (χ3v) is 5.77. The predicted molar refractivity (Wildman–Crippen MR) is 56.1 cm³/mol. The molecule has 0 saturated heterocycles. The second-order valence-electron chi connectivity index (χ2n) is 3.27. The first kappa shape index (κ1) is 14.3. The molecule has 1 aromatic rings. The van der Waals surface area contributed by atoms with Gasteiger partial charge in [-0.1, -0.05) is 12.1 Å². The summed E-state index contributed by atoms with van der Waals surface area (Å²) in [4.78, 5) is 35.6. The quantitative estimate of drug-likeness (QED) is 0.418. The van der Waals surface area contributed by atoms with Crippen LogP contribution < -0.4 is 0 Å². The zero-order chi connectivity index (χ0) is 13.5. The summed E-state index contributed by atoms with van der Waals surface area (Å²) in [5.74, 6) is -0.285. The number of aliphatic hydroxyl groups is 1. The van der Waals surface area contributed by atoms with Gasteiger partial charge >= 0.3 is 15.2 Å². The Bertz CT molecular complexity index is 475. The zero-order valence-electron chi connectivity index (χ0n) is 8.20. The summed E-state index contributed by atoms with van der Waals surface area (Å²) in [5.41, 5.74) is -0.683. The van der Waals surface area contributed by atoms with Gasteiger partial charge in [0.25, 0.3) is 5.08 Å². The van der Waals surface area contributed by atoms with Gasteiger partial charge in [-0.15, -0.1) is 0 Å². The van der Waals surface area contributed by atoms with Crippen LogP contribution in [-0.2, 0) is 14.2 Å². The molecule has 0 aliphatic heterocycles. The van der Waals surface area contributed by atoms with E-state index in [0.717, 1.165) is 24.3 Å². The minimum absolute atomic E-state index is 0.285. The zero-order valence-corrected chi connectivity index (χ0v) is 9.99. The summed E-state index contributed by atoms with van der Waals surface area (Å²) in [5, 5.41) is 15.0. The monoisotopic (exact) mass is 284 g/mol. The SMILES string of the molecule is O=P(O)(O)C(O)(c1ccc(O)cc1)P(=O)(O)O. The summed E-state index contributed by atoms with van der Waals surface area (Å²) in [6.07, 6.45) is 0. The highest BCUT2D eigenvalue weighted by atomic mass is 31.2. The first-order chi connectivity index (χ1) is 7.50. The van der Waals surface area contributed by atoms with Crippen LogP contribution in [-0.4, -0.2) is 29.8 Å². The smallest absolute Gasteiger partial charge is 0.374 e. The van der Waals surface area contributed by atoms with E-state index in [0.29, 0.717) is 0 Å². The van der Waals surface area contributed by atoms with Crippen molar-refractivity contribution in [3.63, 3.8) is 0 Å².